The van der Waals surface area contributed by atoms with E-state index < -0.39 is 23.5 Å². The number of nitrogens with one attached hydrogen (secondary N) is 1. The van der Waals surface area contributed by atoms with E-state index in [-0.39, 0.29) is 10.0 Å². The number of hydrogen-bond acceptors (Lipinski definition) is 1. The average molecular weight is 423 g/mol. The summed E-state index contributed by atoms with van der Waals surface area (Å²) in [6.45, 7) is 2.30. The van der Waals surface area contributed by atoms with Crippen molar-refractivity contribution in [1.29, 1.82) is 0 Å². The minimum Gasteiger partial charge on any atom is -0.306 e. The molecule has 1 unspecified atom stereocenters. The Hall–Kier alpha value is -0.850. The van der Waals surface area contributed by atoms with Crippen molar-refractivity contribution in [2.75, 3.05) is 6.54 Å². The van der Waals surface area contributed by atoms with Gasteiger partial charge in [0.2, 0.25) is 0 Å². The van der Waals surface area contributed by atoms with Crippen LogP contribution in [-0.4, -0.2) is 6.54 Å². The Balaban J connectivity index is 2.58. The quantitative estimate of drug-likeness (QED) is 0.656. The lowest BCUT2D eigenvalue weighted by molar-refractivity contribution is 0.505. The second-order valence-corrected chi connectivity index (χ2v) is 6.13. The Morgan fingerprint density at radius 3 is 2.29 bits per heavy atom. The molecule has 0 saturated heterocycles. The van der Waals surface area contributed by atoms with Gasteiger partial charge in [-0.1, -0.05) is 13.0 Å². The Morgan fingerprint density at radius 1 is 1.00 bits per heavy atom. The van der Waals surface area contributed by atoms with Gasteiger partial charge in [-0.05, 0) is 68.2 Å². The predicted octanol–water partition coefficient (Wildman–Crippen LogP) is 5.33. The Bertz CT molecular complexity index is 662. The van der Waals surface area contributed by atoms with E-state index in [4.69, 9.17) is 0 Å². The van der Waals surface area contributed by atoms with Gasteiger partial charge in [0, 0.05) is 5.56 Å². The van der Waals surface area contributed by atoms with Crippen LogP contribution in [0.4, 0.5) is 13.2 Å². The van der Waals surface area contributed by atoms with Crippen molar-refractivity contribution >= 4 is 31.9 Å². The van der Waals surface area contributed by atoms with Gasteiger partial charge in [-0.2, -0.15) is 0 Å². The molecule has 0 aromatic heterocycles. The van der Waals surface area contributed by atoms with Gasteiger partial charge in [0.05, 0.1) is 15.0 Å². The molecule has 0 aliphatic heterocycles. The monoisotopic (exact) mass is 421 g/mol. The zero-order valence-electron chi connectivity index (χ0n) is 11.1. The third-order valence-corrected chi connectivity index (χ3v) is 4.31. The number of rotatable bonds is 4. The first kappa shape index (κ1) is 16.5. The zero-order valence-corrected chi connectivity index (χ0v) is 14.2. The standard InChI is InChI=1S/C15H12Br2F3N/c1-2-21-15(8-3-4-9(16)12(19)7-8)13-11(18)6-5-10(17)14(13)20/h3-7,15,21H,2H2,1H3. The Kier molecular flexibility index (Phi) is 5.46. The molecule has 0 saturated carbocycles. The molecule has 0 amide bonds. The fourth-order valence-corrected chi connectivity index (χ4v) is 2.68. The van der Waals surface area contributed by atoms with Crippen molar-refractivity contribution in [3.8, 4) is 0 Å². The third-order valence-electron chi connectivity index (χ3n) is 3.05. The SMILES string of the molecule is CCNC(c1ccc(Br)c(F)c1)c1c(F)ccc(Br)c1F. The first-order valence-electron chi connectivity index (χ1n) is 6.27. The van der Waals surface area contributed by atoms with Crippen LogP contribution in [0.1, 0.15) is 24.1 Å². The minimum atomic E-state index is -0.768. The second kappa shape index (κ2) is 6.94. The van der Waals surface area contributed by atoms with Gasteiger partial charge < -0.3 is 5.32 Å². The molecule has 1 atom stereocenters. The summed E-state index contributed by atoms with van der Waals surface area (Å²) in [5.74, 6) is -1.85. The third kappa shape index (κ3) is 3.49. The molecule has 0 radical (unpaired) electrons. The fraction of sp³-hybridized carbons (Fsp3) is 0.200. The number of hydrogen-bond donors (Lipinski definition) is 1. The number of halogens is 5. The van der Waals surface area contributed by atoms with Crippen LogP contribution in [0.3, 0.4) is 0 Å². The molecule has 1 nitrogen and oxygen atoms in total. The molecular weight excluding hydrogens is 411 g/mol. The van der Waals surface area contributed by atoms with E-state index in [9.17, 15) is 13.2 Å². The highest BCUT2D eigenvalue weighted by atomic mass is 79.9. The fourth-order valence-electron chi connectivity index (χ4n) is 2.09. The van der Waals surface area contributed by atoms with E-state index >= 15 is 0 Å². The molecule has 6 heteroatoms. The molecule has 2 rings (SSSR count). The van der Waals surface area contributed by atoms with Crippen LogP contribution >= 0.6 is 31.9 Å². The molecule has 2 aromatic rings. The van der Waals surface area contributed by atoms with E-state index in [1.165, 1.54) is 24.3 Å². The summed E-state index contributed by atoms with van der Waals surface area (Å²) in [5, 5.41) is 2.99. The summed E-state index contributed by atoms with van der Waals surface area (Å²) in [5.41, 5.74) is 0.321. The van der Waals surface area contributed by atoms with Gasteiger partial charge in [-0.25, -0.2) is 13.2 Å². The van der Waals surface area contributed by atoms with E-state index in [1.54, 1.807) is 6.07 Å². The molecule has 112 valence electrons. The molecule has 0 fully saturated rings. The molecule has 0 aliphatic carbocycles. The van der Waals surface area contributed by atoms with Crippen LogP contribution in [0.2, 0.25) is 0 Å². The van der Waals surface area contributed by atoms with Crippen LogP contribution in [0.15, 0.2) is 39.3 Å². The smallest absolute Gasteiger partial charge is 0.145 e. The van der Waals surface area contributed by atoms with E-state index in [0.717, 1.165) is 0 Å². The molecule has 0 bridgehead atoms. The van der Waals surface area contributed by atoms with Crippen molar-refractivity contribution in [2.45, 2.75) is 13.0 Å². The first-order chi connectivity index (χ1) is 9.95. The van der Waals surface area contributed by atoms with Crippen molar-refractivity contribution in [3.05, 3.63) is 67.9 Å². The van der Waals surface area contributed by atoms with Crippen molar-refractivity contribution < 1.29 is 13.2 Å². The van der Waals surface area contributed by atoms with Gasteiger partial charge in [0.15, 0.2) is 0 Å². The van der Waals surface area contributed by atoms with Crippen LogP contribution < -0.4 is 5.32 Å². The molecule has 0 heterocycles. The van der Waals surface area contributed by atoms with Crippen LogP contribution in [0, 0.1) is 17.5 Å². The summed E-state index contributed by atoms with van der Waals surface area (Å²) in [7, 11) is 0. The van der Waals surface area contributed by atoms with E-state index in [2.05, 4.69) is 37.2 Å². The normalized spacial score (nSPS) is 12.5. The van der Waals surface area contributed by atoms with E-state index in [1.807, 2.05) is 6.92 Å². The topological polar surface area (TPSA) is 12.0 Å². The van der Waals surface area contributed by atoms with Crippen molar-refractivity contribution in [2.24, 2.45) is 0 Å². The predicted molar refractivity (Wildman–Crippen MR) is 83.7 cm³/mol. The molecule has 21 heavy (non-hydrogen) atoms. The summed E-state index contributed by atoms with van der Waals surface area (Å²) >= 11 is 6.11. The molecular formula is C15H12Br2F3N. The highest BCUT2D eigenvalue weighted by Gasteiger charge is 2.23. The Labute approximate surface area is 137 Å². The molecule has 0 aliphatic rings. The summed E-state index contributed by atoms with van der Waals surface area (Å²) < 4.78 is 42.5. The van der Waals surface area contributed by atoms with E-state index in [0.29, 0.717) is 16.6 Å². The van der Waals surface area contributed by atoms with Gasteiger partial charge in [-0.15, -0.1) is 0 Å². The van der Waals surface area contributed by atoms with Gasteiger partial charge in [-0.3, -0.25) is 0 Å². The summed E-state index contributed by atoms with van der Waals surface area (Å²) in [6, 6.07) is 6.12. The van der Waals surface area contributed by atoms with Crippen LogP contribution in [0.5, 0.6) is 0 Å². The van der Waals surface area contributed by atoms with Gasteiger partial charge in [0.25, 0.3) is 0 Å². The van der Waals surface area contributed by atoms with Crippen LogP contribution in [-0.2, 0) is 0 Å². The van der Waals surface area contributed by atoms with Gasteiger partial charge in [0.1, 0.15) is 17.5 Å². The lowest BCUT2D eigenvalue weighted by Gasteiger charge is -2.21. The maximum absolute atomic E-state index is 14.3. The Morgan fingerprint density at radius 2 is 1.67 bits per heavy atom. The van der Waals surface area contributed by atoms with Gasteiger partial charge >= 0.3 is 0 Å². The highest BCUT2D eigenvalue weighted by Crippen LogP contribution is 2.32. The van der Waals surface area contributed by atoms with Crippen LogP contribution in [0.25, 0.3) is 0 Å². The highest BCUT2D eigenvalue weighted by molar-refractivity contribution is 9.10. The van der Waals surface area contributed by atoms with Crippen molar-refractivity contribution in [1.82, 2.24) is 5.32 Å². The number of benzene rings is 2. The second-order valence-electron chi connectivity index (χ2n) is 4.42. The van der Waals surface area contributed by atoms with Crippen molar-refractivity contribution in [3.63, 3.8) is 0 Å². The lowest BCUT2D eigenvalue weighted by atomic mass is 9.97. The first-order valence-corrected chi connectivity index (χ1v) is 7.86. The maximum atomic E-state index is 14.3. The summed E-state index contributed by atoms with van der Waals surface area (Å²) in [4.78, 5) is 0. The summed E-state index contributed by atoms with van der Waals surface area (Å²) in [6.07, 6.45) is 0. The molecule has 1 N–H and O–H groups in total. The zero-order chi connectivity index (χ0) is 15.6. The lowest BCUT2D eigenvalue weighted by Crippen LogP contribution is -2.24. The molecule has 0 spiro atoms. The average Bonchev–Trinajstić information content (AvgIpc) is 2.45. The molecule has 2 aromatic carbocycles. The largest absolute Gasteiger partial charge is 0.306 e. The minimum absolute atomic E-state index is 0.132. The maximum Gasteiger partial charge on any atom is 0.145 e.